The van der Waals surface area contributed by atoms with Crippen LogP contribution in [0.4, 0.5) is 4.39 Å². The van der Waals surface area contributed by atoms with Gasteiger partial charge in [-0.3, -0.25) is 0 Å². The SMILES string of the molecule is COc1cc2c(cc1F)[nH]c(=S)n2CCCNS(C)(=O)=O. The first-order valence-electron chi connectivity index (χ1n) is 6.22. The van der Waals surface area contributed by atoms with E-state index in [0.717, 1.165) is 11.8 Å². The Hall–Kier alpha value is -1.45. The number of rotatable bonds is 6. The van der Waals surface area contributed by atoms with Gasteiger partial charge < -0.3 is 14.3 Å². The number of hydrogen-bond donors (Lipinski definition) is 2. The molecule has 6 nitrogen and oxygen atoms in total. The van der Waals surface area contributed by atoms with Crippen molar-refractivity contribution in [3.63, 3.8) is 0 Å². The zero-order valence-electron chi connectivity index (χ0n) is 11.6. The highest BCUT2D eigenvalue weighted by Crippen LogP contribution is 2.24. The predicted molar refractivity (Wildman–Crippen MR) is 81.1 cm³/mol. The molecule has 0 radical (unpaired) electrons. The van der Waals surface area contributed by atoms with Crippen molar-refractivity contribution in [3.8, 4) is 5.75 Å². The minimum Gasteiger partial charge on any atom is -0.494 e. The fraction of sp³-hybridized carbons (Fsp3) is 0.417. The maximum atomic E-state index is 13.6. The summed E-state index contributed by atoms with van der Waals surface area (Å²) in [5.74, 6) is -0.327. The smallest absolute Gasteiger partial charge is 0.208 e. The number of halogens is 1. The molecule has 116 valence electrons. The van der Waals surface area contributed by atoms with E-state index < -0.39 is 15.8 Å². The molecule has 0 saturated heterocycles. The van der Waals surface area contributed by atoms with Gasteiger partial charge in [0.05, 0.1) is 24.4 Å². The van der Waals surface area contributed by atoms with Crippen LogP contribution in [-0.4, -0.2) is 37.9 Å². The summed E-state index contributed by atoms with van der Waals surface area (Å²) in [5, 5.41) is 0. The lowest BCUT2D eigenvalue weighted by Crippen LogP contribution is -2.23. The van der Waals surface area contributed by atoms with Crippen LogP contribution in [0.15, 0.2) is 12.1 Å². The Balaban J connectivity index is 2.23. The second kappa shape index (κ2) is 6.12. The van der Waals surface area contributed by atoms with Crippen molar-refractivity contribution >= 4 is 33.3 Å². The normalized spacial score (nSPS) is 12.0. The molecular formula is C12H16FN3O3S2. The Bertz CT molecular complexity index is 811. The summed E-state index contributed by atoms with van der Waals surface area (Å²) < 4.78 is 45.2. The summed E-state index contributed by atoms with van der Waals surface area (Å²) in [6, 6.07) is 2.90. The molecule has 0 spiro atoms. The van der Waals surface area contributed by atoms with Gasteiger partial charge in [0.15, 0.2) is 16.3 Å². The number of imidazole rings is 1. The highest BCUT2D eigenvalue weighted by atomic mass is 32.2. The molecule has 0 aliphatic heterocycles. The molecule has 1 aromatic carbocycles. The number of ether oxygens (including phenoxy) is 1. The second-order valence-corrected chi connectivity index (χ2v) is 6.83. The molecule has 0 aliphatic rings. The van der Waals surface area contributed by atoms with Gasteiger partial charge >= 0.3 is 0 Å². The van der Waals surface area contributed by atoms with Crippen molar-refractivity contribution in [1.29, 1.82) is 0 Å². The van der Waals surface area contributed by atoms with Gasteiger partial charge in [-0.1, -0.05) is 0 Å². The van der Waals surface area contributed by atoms with Gasteiger partial charge in [-0.2, -0.15) is 0 Å². The standard InChI is InChI=1S/C12H16FN3O3S2/c1-19-11-7-10-9(6-8(11)13)15-12(20)16(10)5-3-4-14-21(2,17)18/h6-7,14H,3-5H2,1-2H3,(H,15,20). The molecular weight excluding hydrogens is 317 g/mol. The third-order valence-electron chi connectivity index (χ3n) is 2.97. The van der Waals surface area contributed by atoms with Gasteiger partial charge in [-0.05, 0) is 18.6 Å². The van der Waals surface area contributed by atoms with Crippen LogP contribution in [0.2, 0.25) is 0 Å². The molecule has 0 fully saturated rings. The highest BCUT2D eigenvalue weighted by molar-refractivity contribution is 7.88. The monoisotopic (exact) mass is 333 g/mol. The third kappa shape index (κ3) is 3.80. The first kappa shape index (κ1) is 15.9. The van der Waals surface area contributed by atoms with E-state index in [2.05, 4.69) is 9.71 Å². The predicted octanol–water partition coefficient (Wildman–Crippen LogP) is 1.79. The number of fused-ring (bicyclic) bond motifs is 1. The number of aryl methyl sites for hydroxylation is 1. The first-order chi connectivity index (χ1) is 9.81. The summed E-state index contributed by atoms with van der Waals surface area (Å²) >= 11 is 5.20. The summed E-state index contributed by atoms with van der Waals surface area (Å²) in [6.07, 6.45) is 1.67. The molecule has 21 heavy (non-hydrogen) atoms. The molecule has 1 aromatic heterocycles. The Labute approximate surface area is 127 Å². The Morgan fingerprint density at radius 2 is 2.19 bits per heavy atom. The van der Waals surface area contributed by atoms with Crippen molar-refractivity contribution in [2.45, 2.75) is 13.0 Å². The molecule has 2 aromatic rings. The van der Waals surface area contributed by atoms with Crippen LogP contribution in [0, 0.1) is 10.6 Å². The Morgan fingerprint density at radius 3 is 2.81 bits per heavy atom. The fourth-order valence-corrected chi connectivity index (χ4v) is 2.85. The van der Waals surface area contributed by atoms with Crippen LogP contribution in [0.25, 0.3) is 11.0 Å². The number of aromatic amines is 1. The van der Waals surface area contributed by atoms with E-state index in [9.17, 15) is 12.8 Å². The number of H-pyrrole nitrogens is 1. The van der Waals surface area contributed by atoms with Crippen LogP contribution in [0.5, 0.6) is 5.75 Å². The molecule has 2 N–H and O–H groups in total. The maximum absolute atomic E-state index is 13.6. The van der Waals surface area contributed by atoms with Crippen LogP contribution < -0.4 is 9.46 Å². The fourth-order valence-electron chi connectivity index (χ4n) is 2.03. The van der Waals surface area contributed by atoms with Crippen LogP contribution >= 0.6 is 12.2 Å². The van der Waals surface area contributed by atoms with Gasteiger partial charge in [0, 0.05) is 25.2 Å². The number of nitrogens with one attached hydrogen (secondary N) is 2. The summed E-state index contributed by atoms with van der Waals surface area (Å²) in [5.41, 5.74) is 1.30. The van der Waals surface area contributed by atoms with Crippen molar-refractivity contribution in [2.24, 2.45) is 0 Å². The van der Waals surface area contributed by atoms with Crippen molar-refractivity contribution < 1.29 is 17.5 Å². The molecule has 0 atom stereocenters. The van der Waals surface area contributed by atoms with Gasteiger partial charge in [-0.25, -0.2) is 17.5 Å². The lowest BCUT2D eigenvalue weighted by atomic mass is 10.2. The quantitative estimate of drug-likeness (QED) is 0.624. The largest absolute Gasteiger partial charge is 0.494 e. The number of hydrogen-bond acceptors (Lipinski definition) is 4. The molecule has 2 rings (SSSR count). The highest BCUT2D eigenvalue weighted by Gasteiger charge is 2.10. The van der Waals surface area contributed by atoms with E-state index in [0.29, 0.717) is 29.8 Å². The Kier molecular flexibility index (Phi) is 4.64. The summed E-state index contributed by atoms with van der Waals surface area (Å²) in [6.45, 7) is 0.821. The second-order valence-electron chi connectivity index (χ2n) is 4.61. The lowest BCUT2D eigenvalue weighted by molar-refractivity contribution is 0.387. The minimum absolute atomic E-state index is 0.138. The molecule has 0 amide bonds. The topological polar surface area (TPSA) is 76.1 Å². The van der Waals surface area contributed by atoms with E-state index in [4.69, 9.17) is 17.0 Å². The maximum Gasteiger partial charge on any atom is 0.208 e. The molecule has 0 bridgehead atoms. The molecule has 0 unspecified atom stereocenters. The van der Waals surface area contributed by atoms with Crippen LogP contribution in [0.1, 0.15) is 6.42 Å². The number of aromatic nitrogens is 2. The van der Waals surface area contributed by atoms with Crippen molar-refractivity contribution in [2.75, 3.05) is 19.9 Å². The Morgan fingerprint density at radius 1 is 1.48 bits per heavy atom. The average molecular weight is 333 g/mol. The first-order valence-corrected chi connectivity index (χ1v) is 8.52. The van der Waals surface area contributed by atoms with Crippen LogP contribution in [0.3, 0.4) is 0 Å². The van der Waals surface area contributed by atoms with E-state index in [1.165, 1.54) is 13.2 Å². The third-order valence-corrected chi connectivity index (χ3v) is 4.02. The molecule has 9 heteroatoms. The number of nitrogens with zero attached hydrogens (tertiary/aromatic N) is 1. The number of sulfonamides is 1. The van der Waals surface area contributed by atoms with Gasteiger partial charge in [0.25, 0.3) is 0 Å². The zero-order chi connectivity index (χ0) is 15.6. The van der Waals surface area contributed by atoms with E-state index in [1.54, 1.807) is 10.6 Å². The van der Waals surface area contributed by atoms with E-state index >= 15 is 0 Å². The van der Waals surface area contributed by atoms with E-state index in [1.807, 2.05) is 0 Å². The number of methoxy groups -OCH3 is 1. The number of benzene rings is 1. The lowest BCUT2D eigenvalue weighted by Gasteiger charge is -2.07. The summed E-state index contributed by atoms with van der Waals surface area (Å²) in [4.78, 5) is 2.92. The average Bonchev–Trinajstić information content (AvgIpc) is 2.67. The zero-order valence-corrected chi connectivity index (χ0v) is 13.3. The van der Waals surface area contributed by atoms with Gasteiger partial charge in [0.1, 0.15) is 0 Å². The molecule has 1 heterocycles. The van der Waals surface area contributed by atoms with Crippen molar-refractivity contribution in [1.82, 2.24) is 14.3 Å². The summed E-state index contributed by atoms with van der Waals surface area (Å²) in [7, 11) is -1.80. The van der Waals surface area contributed by atoms with Gasteiger partial charge in [-0.15, -0.1) is 0 Å². The molecule has 0 saturated carbocycles. The van der Waals surface area contributed by atoms with Gasteiger partial charge in [0.2, 0.25) is 10.0 Å². The van der Waals surface area contributed by atoms with E-state index in [-0.39, 0.29) is 5.75 Å². The molecule has 0 aliphatic carbocycles. The van der Waals surface area contributed by atoms with Crippen LogP contribution in [-0.2, 0) is 16.6 Å². The minimum atomic E-state index is -3.20. The van der Waals surface area contributed by atoms with Crippen molar-refractivity contribution in [3.05, 3.63) is 22.7 Å².